The number of sulfonamides is 1. The predicted octanol–water partition coefficient (Wildman–Crippen LogP) is 5.07. The number of benzene rings is 2. The van der Waals surface area contributed by atoms with E-state index in [4.69, 9.17) is 4.74 Å². The van der Waals surface area contributed by atoms with Crippen molar-refractivity contribution in [3.63, 3.8) is 0 Å². The van der Waals surface area contributed by atoms with E-state index in [1.54, 1.807) is 31.3 Å². The molecule has 2 heterocycles. The molecule has 39 heavy (non-hydrogen) atoms. The van der Waals surface area contributed by atoms with E-state index in [0.29, 0.717) is 35.8 Å². The molecule has 2 aromatic carbocycles. The molecule has 1 saturated heterocycles. The molecule has 1 aliphatic heterocycles. The first kappa shape index (κ1) is 28.7. The highest BCUT2D eigenvalue weighted by molar-refractivity contribution is 7.89. The number of hydrogen-bond donors (Lipinski definition) is 1. The number of nitrogens with one attached hydrogen (secondary N) is 1. The van der Waals surface area contributed by atoms with E-state index in [1.165, 1.54) is 21.3 Å². The molecule has 1 N–H and O–H groups in total. The number of rotatable bonds is 11. The van der Waals surface area contributed by atoms with Crippen LogP contribution in [0.2, 0.25) is 0 Å². The Hall–Kier alpha value is -3.28. The monoisotopic (exact) mass is 569 g/mol. The topological polar surface area (TPSA) is 104 Å². The second-order valence-electron chi connectivity index (χ2n) is 9.13. The average Bonchev–Trinajstić information content (AvgIpc) is 3.44. The van der Waals surface area contributed by atoms with Crippen LogP contribution < -0.4 is 10.3 Å². The summed E-state index contributed by atoms with van der Waals surface area (Å²) in [6.07, 6.45) is 2.66. The van der Waals surface area contributed by atoms with Crippen molar-refractivity contribution in [2.45, 2.75) is 38.5 Å². The molecule has 1 aromatic heterocycles. The molecule has 0 aliphatic carbocycles. The Morgan fingerprint density at radius 3 is 2.54 bits per heavy atom. The van der Waals surface area contributed by atoms with Gasteiger partial charge in [-0.3, -0.25) is 10.2 Å². The number of carbonyl (C=O) groups is 1. The van der Waals surface area contributed by atoms with Gasteiger partial charge in [0.15, 0.2) is 0 Å². The van der Waals surface area contributed by atoms with Crippen molar-refractivity contribution in [3.8, 4) is 11.3 Å². The molecule has 4 rings (SSSR count). The predicted molar refractivity (Wildman–Crippen MR) is 157 cm³/mol. The summed E-state index contributed by atoms with van der Waals surface area (Å²) < 4.78 is 33.1. The van der Waals surface area contributed by atoms with E-state index < -0.39 is 10.0 Å². The first-order valence-electron chi connectivity index (χ1n) is 13.2. The van der Waals surface area contributed by atoms with Gasteiger partial charge >= 0.3 is 5.97 Å². The largest absolute Gasteiger partial charge is 0.466 e. The highest BCUT2D eigenvalue weighted by Crippen LogP contribution is 2.29. The number of esters is 1. The van der Waals surface area contributed by atoms with Crippen molar-refractivity contribution in [1.82, 2.24) is 9.29 Å². The minimum Gasteiger partial charge on any atom is -0.466 e. The minimum atomic E-state index is -3.69. The van der Waals surface area contributed by atoms with Crippen LogP contribution in [0.3, 0.4) is 0 Å². The Kier molecular flexibility index (Phi) is 9.71. The molecule has 1 aliphatic rings. The van der Waals surface area contributed by atoms with Gasteiger partial charge in [0.05, 0.1) is 29.3 Å². The standard InChI is InChI=1S/C28H35N5O4S2/c1-4-32(5-2)24-12-10-21(11-13-24)19-29-31-28-30-26(20-38-28)23-8-7-9-25(18-23)39(35,36)33-16-14-22(15-17-33)27(34)37-6-3/h7-13,18-20,22H,4-6,14-17H2,1-3H3,(H,30,31). The lowest BCUT2D eigenvalue weighted by molar-refractivity contribution is -0.149. The first-order valence-corrected chi connectivity index (χ1v) is 15.5. The van der Waals surface area contributed by atoms with Gasteiger partial charge in [0.1, 0.15) is 0 Å². The number of ether oxygens (including phenoxy) is 1. The molecule has 0 spiro atoms. The number of piperidine rings is 1. The molecular formula is C28H35N5O4S2. The summed E-state index contributed by atoms with van der Waals surface area (Å²) in [6, 6.07) is 15.0. The summed E-state index contributed by atoms with van der Waals surface area (Å²) in [5.74, 6) is -0.500. The van der Waals surface area contributed by atoms with Gasteiger partial charge in [-0.1, -0.05) is 24.3 Å². The van der Waals surface area contributed by atoms with Gasteiger partial charge in [0, 0.05) is 42.8 Å². The molecule has 0 unspecified atom stereocenters. The van der Waals surface area contributed by atoms with Crippen LogP contribution in [0, 0.1) is 5.92 Å². The molecule has 208 valence electrons. The summed E-state index contributed by atoms with van der Waals surface area (Å²) in [6.45, 7) is 8.87. The van der Waals surface area contributed by atoms with Crippen molar-refractivity contribution >= 4 is 44.4 Å². The number of hydrazone groups is 1. The maximum atomic E-state index is 13.3. The fourth-order valence-corrected chi connectivity index (χ4v) is 6.72. The Labute approximate surface area is 234 Å². The lowest BCUT2D eigenvalue weighted by Gasteiger charge is -2.30. The Morgan fingerprint density at radius 2 is 1.87 bits per heavy atom. The van der Waals surface area contributed by atoms with E-state index >= 15 is 0 Å². The summed E-state index contributed by atoms with van der Waals surface area (Å²) >= 11 is 1.39. The molecule has 11 heteroatoms. The van der Waals surface area contributed by atoms with Crippen LogP contribution in [0.1, 0.15) is 39.2 Å². The van der Waals surface area contributed by atoms with Crippen molar-refractivity contribution in [1.29, 1.82) is 0 Å². The molecule has 1 fully saturated rings. The van der Waals surface area contributed by atoms with Crippen molar-refractivity contribution in [3.05, 3.63) is 59.5 Å². The molecule has 0 saturated carbocycles. The van der Waals surface area contributed by atoms with Crippen LogP contribution >= 0.6 is 11.3 Å². The van der Waals surface area contributed by atoms with Gasteiger partial charge in [0.25, 0.3) is 0 Å². The Balaban J connectivity index is 1.38. The van der Waals surface area contributed by atoms with E-state index in [9.17, 15) is 13.2 Å². The zero-order valence-electron chi connectivity index (χ0n) is 22.5. The van der Waals surface area contributed by atoms with Gasteiger partial charge in [-0.25, -0.2) is 13.4 Å². The number of aromatic nitrogens is 1. The highest BCUT2D eigenvalue weighted by Gasteiger charge is 2.32. The third-order valence-electron chi connectivity index (χ3n) is 6.74. The van der Waals surface area contributed by atoms with Gasteiger partial charge in [-0.05, 0) is 63.4 Å². The number of hydrogen-bond acceptors (Lipinski definition) is 9. The fourth-order valence-electron chi connectivity index (χ4n) is 4.54. The lowest BCUT2D eigenvalue weighted by atomic mass is 9.98. The van der Waals surface area contributed by atoms with E-state index in [-0.39, 0.29) is 29.9 Å². The smallest absolute Gasteiger partial charge is 0.309 e. The van der Waals surface area contributed by atoms with Crippen LogP contribution in [-0.2, 0) is 19.6 Å². The van der Waals surface area contributed by atoms with E-state index in [2.05, 4.69) is 46.4 Å². The van der Waals surface area contributed by atoms with Crippen LogP contribution in [0.15, 0.2) is 63.9 Å². The molecule has 0 bridgehead atoms. The second kappa shape index (κ2) is 13.2. The average molecular weight is 570 g/mol. The molecular weight excluding hydrogens is 534 g/mol. The van der Waals surface area contributed by atoms with Gasteiger partial charge < -0.3 is 9.64 Å². The molecule has 0 radical (unpaired) electrons. The van der Waals surface area contributed by atoms with Gasteiger partial charge in [0.2, 0.25) is 15.2 Å². The Morgan fingerprint density at radius 1 is 1.15 bits per heavy atom. The number of carbonyl (C=O) groups excluding carboxylic acids is 1. The number of nitrogens with zero attached hydrogens (tertiary/aromatic N) is 4. The molecule has 0 atom stereocenters. The van der Waals surface area contributed by atoms with Crippen LogP contribution in [0.5, 0.6) is 0 Å². The lowest BCUT2D eigenvalue weighted by Crippen LogP contribution is -2.40. The quantitative estimate of drug-likeness (QED) is 0.195. The van der Waals surface area contributed by atoms with Crippen molar-refractivity contribution < 1.29 is 17.9 Å². The summed E-state index contributed by atoms with van der Waals surface area (Å²) in [5.41, 5.74) is 6.49. The maximum Gasteiger partial charge on any atom is 0.309 e. The van der Waals surface area contributed by atoms with E-state index in [1.807, 2.05) is 23.6 Å². The first-order chi connectivity index (χ1) is 18.8. The van der Waals surface area contributed by atoms with E-state index in [0.717, 1.165) is 18.7 Å². The van der Waals surface area contributed by atoms with Gasteiger partial charge in [-0.2, -0.15) is 9.41 Å². The zero-order valence-corrected chi connectivity index (χ0v) is 24.2. The third-order valence-corrected chi connectivity index (χ3v) is 9.38. The molecule has 3 aromatic rings. The van der Waals surface area contributed by atoms with Crippen LogP contribution in [-0.4, -0.2) is 62.7 Å². The van der Waals surface area contributed by atoms with Gasteiger partial charge in [-0.15, -0.1) is 11.3 Å². The maximum absolute atomic E-state index is 13.3. The number of thiazole rings is 1. The fraction of sp³-hybridized carbons (Fsp3) is 0.393. The number of anilines is 2. The zero-order chi connectivity index (χ0) is 27.8. The molecule has 9 nitrogen and oxygen atoms in total. The summed E-state index contributed by atoms with van der Waals surface area (Å²) in [7, 11) is -3.69. The molecule has 0 amide bonds. The minimum absolute atomic E-state index is 0.211. The normalized spacial score (nSPS) is 14.9. The van der Waals surface area contributed by atoms with Crippen LogP contribution in [0.25, 0.3) is 11.3 Å². The summed E-state index contributed by atoms with van der Waals surface area (Å²) in [5, 5.41) is 6.78. The summed E-state index contributed by atoms with van der Waals surface area (Å²) in [4.78, 5) is 19.1. The third kappa shape index (κ3) is 7.03. The van der Waals surface area contributed by atoms with Crippen molar-refractivity contribution in [2.75, 3.05) is 43.1 Å². The highest BCUT2D eigenvalue weighted by atomic mass is 32.2. The van der Waals surface area contributed by atoms with Crippen molar-refractivity contribution in [2.24, 2.45) is 11.0 Å². The Bertz CT molecular complexity index is 1380. The SMILES string of the molecule is CCOC(=O)C1CCN(S(=O)(=O)c2cccc(-c3csc(NN=Cc4ccc(N(CC)CC)cc4)n3)c2)CC1. The second-order valence-corrected chi connectivity index (χ2v) is 11.9. The van der Waals surface area contributed by atoms with Crippen LogP contribution in [0.4, 0.5) is 10.8 Å².